The Labute approximate surface area is 208 Å². The number of allylic oxidation sites excluding steroid dienone is 5. The van der Waals surface area contributed by atoms with Crippen LogP contribution in [-0.2, 0) is 17.8 Å². The van der Waals surface area contributed by atoms with Crippen molar-refractivity contribution in [3.8, 4) is 10.4 Å². The molecule has 1 aliphatic heterocycles. The fraction of sp³-hybridized carbons (Fsp3) is 0.143. The fourth-order valence-corrected chi connectivity index (χ4v) is 5.02. The lowest BCUT2D eigenvalue weighted by Crippen LogP contribution is -2.03. The Hall–Kier alpha value is -3.41. The van der Waals surface area contributed by atoms with E-state index in [0.717, 1.165) is 43.7 Å². The number of rotatable bonds is 9. The van der Waals surface area contributed by atoms with Gasteiger partial charge in [0.05, 0.1) is 34.9 Å². The van der Waals surface area contributed by atoms with Crippen LogP contribution >= 0.6 is 22.9 Å². The molecule has 2 aromatic heterocycles. The molecular weight excluding hydrogens is 462 g/mol. The highest BCUT2D eigenvalue weighted by Gasteiger charge is 2.18. The van der Waals surface area contributed by atoms with Gasteiger partial charge in [-0.25, -0.2) is 4.98 Å². The second-order valence-corrected chi connectivity index (χ2v) is 9.52. The maximum atomic E-state index is 12.6. The number of carbonyl (C=O) groups excluding carboxylic acids is 1. The minimum Gasteiger partial charge on any atom is -0.299 e. The molecule has 3 aromatic rings. The Bertz CT molecular complexity index is 1350. The first-order valence-electron chi connectivity index (χ1n) is 10.9. The quantitative estimate of drug-likeness (QED) is 0.310. The smallest absolute Gasteiger partial charge is 0.144 e. The lowest BCUT2D eigenvalue weighted by molar-refractivity contribution is -0.117. The number of benzene rings is 1. The summed E-state index contributed by atoms with van der Waals surface area (Å²) in [7, 11) is 0. The van der Waals surface area contributed by atoms with Gasteiger partial charge in [0, 0.05) is 23.2 Å². The van der Waals surface area contributed by atoms with Gasteiger partial charge in [-0.2, -0.15) is 0 Å². The zero-order valence-corrected chi connectivity index (χ0v) is 20.5. The van der Waals surface area contributed by atoms with Crippen molar-refractivity contribution in [2.45, 2.75) is 26.3 Å². The minimum atomic E-state index is 0.0658. The summed E-state index contributed by atoms with van der Waals surface area (Å²) < 4.78 is 0. The number of ketones is 1. The molecule has 0 fully saturated rings. The predicted octanol–water partition coefficient (Wildman–Crippen LogP) is 6.90. The number of fused-ring (bicyclic) bond motifs is 1. The normalized spacial score (nSPS) is 13.1. The number of aryl methyl sites for hydroxylation is 1. The van der Waals surface area contributed by atoms with Gasteiger partial charge in [0.2, 0.25) is 0 Å². The summed E-state index contributed by atoms with van der Waals surface area (Å²) in [4.78, 5) is 27.3. The van der Waals surface area contributed by atoms with E-state index >= 15 is 0 Å². The SMILES string of the molecule is C=C/C(=C\C(=C)Cl)CC(=O)Cc1nc(C)c(-c2ccc3c(c2)CN=C3/C=C/c2ccccn2)s1. The third-order valence-electron chi connectivity index (χ3n) is 5.36. The first kappa shape index (κ1) is 23.7. The fourth-order valence-electron chi connectivity index (χ4n) is 3.79. The number of halogens is 1. The number of pyridine rings is 1. The van der Waals surface area contributed by atoms with Crippen LogP contribution in [0.3, 0.4) is 0 Å². The number of aromatic nitrogens is 2. The maximum absolute atomic E-state index is 12.6. The molecule has 0 aliphatic carbocycles. The van der Waals surface area contributed by atoms with Crippen molar-refractivity contribution in [1.82, 2.24) is 9.97 Å². The number of nitrogens with zero attached hydrogens (tertiary/aromatic N) is 3. The van der Waals surface area contributed by atoms with E-state index in [2.05, 4.69) is 41.3 Å². The number of Topliss-reactive ketones (excluding diaryl/α,β-unsaturated/α-hetero) is 1. The summed E-state index contributed by atoms with van der Waals surface area (Å²) in [5, 5.41) is 1.19. The van der Waals surface area contributed by atoms with Crippen LogP contribution in [0, 0.1) is 6.92 Å². The highest BCUT2D eigenvalue weighted by molar-refractivity contribution is 7.15. The van der Waals surface area contributed by atoms with Gasteiger partial charge in [0.25, 0.3) is 0 Å². The number of thiazole rings is 1. The molecule has 4 nitrogen and oxygen atoms in total. The first-order valence-corrected chi connectivity index (χ1v) is 12.0. The van der Waals surface area contributed by atoms with E-state index in [4.69, 9.17) is 16.6 Å². The Morgan fingerprint density at radius 3 is 2.82 bits per heavy atom. The summed E-state index contributed by atoms with van der Waals surface area (Å²) in [5.74, 6) is 0.0658. The second-order valence-electron chi connectivity index (χ2n) is 7.95. The molecule has 6 heteroatoms. The lowest BCUT2D eigenvalue weighted by atomic mass is 10.0. The zero-order valence-electron chi connectivity index (χ0n) is 18.9. The van der Waals surface area contributed by atoms with E-state index in [0.29, 0.717) is 11.6 Å². The molecule has 0 saturated carbocycles. The molecule has 170 valence electrons. The van der Waals surface area contributed by atoms with E-state index in [1.165, 1.54) is 5.56 Å². The molecule has 0 N–H and O–H groups in total. The largest absolute Gasteiger partial charge is 0.299 e. The van der Waals surface area contributed by atoms with Gasteiger partial charge in [-0.05, 0) is 60.1 Å². The standard InChI is InChI=1S/C28H24ClN3OS/c1-4-20(13-18(2)29)14-24(33)16-27-32-19(3)28(34-27)21-8-10-25-22(15-21)17-31-26(25)11-9-23-7-5-6-12-30-23/h4-13,15H,1-2,14,16-17H2,3H3/b11-9+,20-13+. The topological polar surface area (TPSA) is 55.2 Å². The molecule has 0 spiro atoms. The summed E-state index contributed by atoms with van der Waals surface area (Å²) in [6.45, 7) is 10.0. The monoisotopic (exact) mass is 485 g/mol. The summed E-state index contributed by atoms with van der Waals surface area (Å²) >= 11 is 7.39. The van der Waals surface area contributed by atoms with Gasteiger partial charge < -0.3 is 0 Å². The Kier molecular flexibility index (Phi) is 7.46. The molecule has 1 aromatic carbocycles. The zero-order chi connectivity index (χ0) is 24.1. The number of hydrogen-bond acceptors (Lipinski definition) is 5. The van der Waals surface area contributed by atoms with Crippen LogP contribution in [0.25, 0.3) is 16.5 Å². The van der Waals surface area contributed by atoms with Crippen LogP contribution in [0.5, 0.6) is 0 Å². The molecule has 0 atom stereocenters. The highest BCUT2D eigenvalue weighted by atomic mass is 35.5. The van der Waals surface area contributed by atoms with Crippen LogP contribution in [0.4, 0.5) is 0 Å². The van der Waals surface area contributed by atoms with E-state index in [-0.39, 0.29) is 18.6 Å². The van der Waals surface area contributed by atoms with Crippen molar-refractivity contribution in [2.24, 2.45) is 4.99 Å². The van der Waals surface area contributed by atoms with Crippen molar-refractivity contribution in [3.05, 3.63) is 112 Å². The third-order valence-corrected chi connectivity index (χ3v) is 6.67. The van der Waals surface area contributed by atoms with Crippen LogP contribution in [0.1, 0.15) is 33.9 Å². The van der Waals surface area contributed by atoms with E-state index < -0.39 is 0 Å². The number of carbonyl (C=O) groups is 1. The van der Waals surface area contributed by atoms with Crippen molar-refractivity contribution < 1.29 is 4.79 Å². The van der Waals surface area contributed by atoms with Gasteiger partial charge in [0.1, 0.15) is 10.8 Å². The molecule has 0 radical (unpaired) electrons. The first-order chi connectivity index (χ1) is 16.4. The summed E-state index contributed by atoms with van der Waals surface area (Å²) in [6.07, 6.45) is 9.61. The van der Waals surface area contributed by atoms with Gasteiger partial charge >= 0.3 is 0 Å². The van der Waals surface area contributed by atoms with Gasteiger partial charge in [-0.1, -0.05) is 49.0 Å². The van der Waals surface area contributed by atoms with Gasteiger partial charge in [-0.15, -0.1) is 11.3 Å². The maximum Gasteiger partial charge on any atom is 0.144 e. The summed E-state index contributed by atoms with van der Waals surface area (Å²) in [6, 6.07) is 12.2. The molecule has 1 aliphatic rings. The van der Waals surface area contributed by atoms with Crippen molar-refractivity contribution >= 4 is 40.5 Å². The minimum absolute atomic E-state index is 0.0658. The van der Waals surface area contributed by atoms with E-state index in [1.807, 2.05) is 37.3 Å². The predicted molar refractivity (Wildman–Crippen MR) is 142 cm³/mol. The number of aliphatic imine (C=N–C) groups is 1. The van der Waals surface area contributed by atoms with Crippen LogP contribution in [0.2, 0.25) is 0 Å². The average molecular weight is 486 g/mol. The Balaban J connectivity index is 1.48. The molecule has 0 amide bonds. The van der Waals surface area contributed by atoms with Crippen molar-refractivity contribution in [3.63, 3.8) is 0 Å². The molecule has 0 saturated heterocycles. The van der Waals surface area contributed by atoms with Gasteiger partial charge in [0.15, 0.2) is 0 Å². The molecule has 3 heterocycles. The van der Waals surface area contributed by atoms with E-state index in [1.54, 1.807) is 29.7 Å². The van der Waals surface area contributed by atoms with Gasteiger partial charge in [-0.3, -0.25) is 14.8 Å². The molecular formula is C28H24ClN3OS. The summed E-state index contributed by atoms with van der Waals surface area (Å²) in [5.41, 5.74) is 6.97. The van der Waals surface area contributed by atoms with Crippen LogP contribution < -0.4 is 0 Å². The molecule has 34 heavy (non-hydrogen) atoms. The second kappa shape index (κ2) is 10.7. The highest BCUT2D eigenvalue weighted by Crippen LogP contribution is 2.33. The number of hydrogen-bond donors (Lipinski definition) is 0. The Morgan fingerprint density at radius 2 is 2.09 bits per heavy atom. The van der Waals surface area contributed by atoms with Crippen LogP contribution in [0.15, 0.2) is 89.6 Å². The Morgan fingerprint density at radius 1 is 1.24 bits per heavy atom. The van der Waals surface area contributed by atoms with Crippen molar-refractivity contribution in [2.75, 3.05) is 0 Å². The molecule has 4 rings (SSSR count). The molecule has 0 bridgehead atoms. The van der Waals surface area contributed by atoms with Crippen molar-refractivity contribution in [1.29, 1.82) is 0 Å². The van der Waals surface area contributed by atoms with E-state index in [9.17, 15) is 4.79 Å². The average Bonchev–Trinajstić information content (AvgIpc) is 3.39. The lowest BCUT2D eigenvalue weighted by Gasteiger charge is -2.04. The molecule has 0 unspecified atom stereocenters. The van der Waals surface area contributed by atoms with Crippen LogP contribution in [-0.4, -0.2) is 21.5 Å². The third kappa shape index (κ3) is 5.74.